The summed E-state index contributed by atoms with van der Waals surface area (Å²) in [5.41, 5.74) is 7.16. The molecular formula is C17H15ClN4O3. The fourth-order valence-corrected chi connectivity index (χ4v) is 2.58. The minimum atomic E-state index is -0.631. The minimum Gasteiger partial charge on any atom is -0.458 e. The van der Waals surface area contributed by atoms with E-state index in [2.05, 4.69) is 15.2 Å². The van der Waals surface area contributed by atoms with Gasteiger partial charge in [-0.2, -0.15) is 5.10 Å². The van der Waals surface area contributed by atoms with E-state index in [0.717, 1.165) is 5.56 Å². The van der Waals surface area contributed by atoms with E-state index < -0.39 is 5.91 Å². The standard InChI is InChI=1S/C17H15ClN4O3/c18-11-3-1-2-10(6-11)7-14-15(16(19)24)17(22-21-14)20-8-12-4-5-13(9-23)25-12/h1-6,8,23H,7,9H2,(H2,19,24)(H,21,22). The maximum absolute atomic E-state index is 11.8. The first-order chi connectivity index (χ1) is 12.1. The number of nitrogens with two attached hydrogens (primary N) is 1. The predicted molar refractivity (Wildman–Crippen MR) is 93.2 cm³/mol. The summed E-state index contributed by atoms with van der Waals surface area (Å²) in [5, 5.41) is 16.4. The van der Waals surface area contributed by atoms with Crippen LogP contribution in [0.5, 0.6) is 0 Å². The van der Waals surface area contributed by atoms with Crippen LogP contribution in [-0.2, 0) is 13.0 Å². The van der Waals surface area contributed by atoms with E-state index >= 15 is 0 Å². The number of carbonyl (C=O) groups is 1. The molecule has 3 aromatic rings. The van der Waals surface area contributed by atoms with Crippen LogP contribution in [0.4, 0.5) is 5.82 Å². The third-order valence-electron chi connectivity index (χ3n) is 3.49. The summed E-state index contributed by atoms with van der Waals surface area (Å²) < 4.78 is 5.30. The van der Waals surface area contributed by atoms with Crippen molar-refractivity contribution in [2.24, 2.45) is 10.7 Å². The summed E-state index contributed by atoms with van der Waals surface area (Å²) in [5.74, 6) is 0.388. The van der Waals surface area contributed by atoms with Crippen LogP contribution in [-0.4, -0.2) is 27.4 Å². The number of benzene rings is 1. The third-order valence-corrected chi connectivity index (χ3v) is 3.73. The molecular weight excluding hydrogens is 344 g/mol. The maximum atomic E-state index is 11.8. The largest absolute Gasteiger partial charge is 0.458 e. The van der Waals surface area contributed by atoms with Gasteiger partial charge in [0, 0.05) is 11.4 Å². The highest BCUT2D eigenvalue weighted by molar-refractivity contribution is 6.30. The number of nitrogens with zero attached hydrogens (tertiary/aromatic N) is 2. The molecule has 1 amide bonds. The molecule has 1 aromatic carbocycles. The van der Waals surface area contributed by atoms with Gasteiger partial charge < -0.3 is 15.3 Å². The minimum absolute atomic E-state index is 0.173. The number of aromatic nitrogens is 2. The molecule has 25 heavy (non-hydrogen) atoms. The highest BCUT2D eigenvalue weighted by Crippen LogP contribution is 2.23. The number of carbonyl (C=O) groups excluding carboxylic acids is 1. The fourth-order valence-electron chi connectivity index (χ4n) is 2.37. The van der Waals surface area contributed by atoms with E-state index in [1.807, 2.05) is 12.1 Å². The number of furan rings is 1. The number of aliphatic hydroxyl groups excluding tert-OH is 1. The van der Waals surface area contributed by atoms with Gasteiger partial charge in [0.1, 0.15) is 23.7 Å². The van der Waals surface area contributed by atoms with Crippen LogP contribution in [0.3, 0.4) is 0 Å². The molecule has 0 aliphatic heterocycles. The van der Waals surface area contributed by atoms with Crippen molar-refractivity contribution in [1.82, 2.24) is 10.2 Å². The Morgan fingerprint density at radius 3 is 2.92 bits per heavy atom. The Labute approximate surface area is 148 Å². The average molecular weight is 359 g/mol. The molecule has 3 rings (SSSR count). The highest BCUT2D eigenvalue weighted by atomic mass is 35.5. The van der Waals surface area contributed by atoms with Gasteiger partial charge in [-0.3, -0.25) is 9.89 Å². The number of aliphatic imine (C=N–C) groups is 1. The second kappa shape index (κ2) is 7.33. The van der Waals surface area contributed by atoms with Gasteiger partial charge in [-0.25, -0.2) is 4.99 Å². The Bertz CT molecular complexity index is 930. The normalized spacial score (nSPS) is 11.3. The van der Waals surface area contributed by atoms with Crippen molar-refractivity contribution in [3.63, 3.8) is 0 Å². The first-order valence-corrected chi connectivity index (χ1v) is 7.79. The molecule has 0 spiro atoms. The lowest BCUT2D eigenvalue weighted by atomic mass is 10.1. The van der Waals surface area contributed by atoms with Crippen LogP contribution in [0, 0.1) is 0 Å². The van der Waals surface area contributed by atoms with Crippen molar-refractivity contribution < 1.29 is 14.3 Å². The summed E-state index contributed by atoms with van der Waals surface area (Å²) >= 11 is 5.98. The molecule has 0 bridgehead atoms. The summed E-state index contributed by atoms with van der Waals surface area (Å²) in [6.45, 7) is -0.202. The molecule has 128 valence electrons. The molecule has 2 aromatic heterocycles. The summed E-state index contributed by atoms with van der Waals surface area (Å²) in [4.78, 5) is 16.0. The summed E-state index contributed by atoms with van der Waals surface area (Å²) in [7, 11) is 0. The zero-order valence-electron chi connectivity index (χ0n) is 13.1. The Morgan fingerprint density at radius 1 is 1.40 bits per heavy atom. The first kappa shape index (κ1) is 16.9. The molecule has 0 unspecified atom stereocenters. The van der Waals surface area contributed by atoms with Crippen molar-refractivity contribution in [3.8, 4) is 0 Å². The second-order valence-corrected chi connectivity index (χ2v) is 5.73. The number of hydrogen-bond acceptors (Lipinski definition) is 5. The lowest BCUT2D eigenvalue weighted by Crippen LogP contribution is -2.13. The lowest BCUT2D eigenvalue weighted by Gasteiger charge is -2.02. The molecule has 0 radical (unpaired) electrons. The number of amides is 1. The van der Waals surface area contributed by atoms with Gasteiger partial charge in [-0.15, -0.1) is 0 Å². The lowest BCUT2D eigenvalue weighted by molar-refractivity contribution is 0.100. The van der Waals surface area contributed by atoms with Crippen LogP contribution >= 0.6 is 11.6 Å². The Kier molecular flexibility index (Phi) is 4.97. The van der Waals surface area contributed by atoms with E-state index in [1.165, 1.54) is 6.21 Å². The third kappa shape index (κ3) is 3.96. The summed E-state index contributed by atoms with van der Waals surface area (Å²) in [6.07, 6.45) is 1.82. The zero-order valence-corrected chi connectivity index (χ0v) is 13.8. The molecule has 0 fully saturated rings. The molecule has 0 atom stereocenters. The predicted octanol–water partition coefficient (Wildman–Crippen LogP) is 2.59. The van der Waals surface area contributed by atoms with Gasteiger partial charge in [0.05, 0.1) is 11.9 Å². The van der Waals surface area contributed by atoms with Gasteiger partial charge in [-0.1, -0.05) is 23.7 Å². The number of hydrogen-bond donors (Lipinski definition) is 3. The molecule has 0 saturated heterocycles. The highest BCUT2D eigenvalue weighted by Gasteiger charge is 2.18. The van der Waals surface area contributed by atoms with Crippen LogP contribution in [0.15, 0.2) is 45.8 Å². The fraction of sp³-hybridized carbons (Fsp3) is 0.118. The van der Waals surface area contributed by atoms with Gasteiger partial charge in [0.15, 0.2) is 5.82 Å². The number of aromatic amines is 1. The molecule has 0 aliphatic carbocycles. The van der Waals surface area contributed by atoms with Gasteiger partial charge >= 0.3 is 0 Å². The smallest absolute Gasteiger partial charge is 0.254 e. The number of halogens is 1. The molecule has 2 heterocycles. The van der Waals surface area contributed by atoms with Crippen molar-refractivity contribution >= 4 is 29.5 Å². The topological polar surface area (TPSA) is 118 Å². The van der Waals surface area contributed by atoms with E-state index in [0.29, 0.717) is 28.7 Å². The average Bonchev–Trinajstić information content (AvgIpc) is 3.19. The van der Waals surface area contributed by atoms with Crippen LogP contribution < -0.4 is 5.73 Å². The van der Waals surface area contributed by atoms with E-state index in [4.69, 9.17) is 26.9 Å². The van der Waals surface area contributed by atoms with Crippen molar-refractivity contribution in [1.29, 1.82) is 0 Å². The number of H-pyrrole nitrogens is 1. The zero-order chi connectivity index (χ0) is 17.8. The molecule has 4 N–H and O–H groups in total. The SMILES string of the molecule is NC(=O)c1c(N=Cc2ccc(CO)o2)n[nH]c1Cc1cccc(Cl)c1. The van der Waals surface area contributed by atoms with Crippen molar-refractivity contribution in [2.45, 2.75) is 13.0 Å². The number of nitrogens with one attached hydrogen (secondary N) is 1. The molecule has 7 nitrogen and oxygen atoms in total. The molecule has 8 heteroatoms. The van der Waals surface area contributed by atoms with Crippen molar-refractivity contribution in [3.05, 3.63) is 69.8 Å². The van der Waals surface area contributed by atoms with Crippen LogP contribution in [0.1, 0.15) is 33.1 Å². The number of rotatable bonds is 6. The Balaban J connectivity index is 1.88. The Hall–Kier alpha value is -2.90. The van der Waals surface area contributed by atoms with Gasteiger partial charge in [-0.05, 0) is 29.8 Å². The maximum Gasteiger partial charge on any atom is 0.254 e. The Morgan fingerprint density at radius 2 is 2.24 bits per heavy atom. The van der Waals surface area contributed by atoms with E-state index in [-0.39, 0.29) is 18.0 Å². The molecule has 0 aliphatic rings. The van der Waals surface area contributed by atoms with Crippen molar-refractivity contribution in [2.75, 3.05) is 0 Å². The number of aliphatic hydroxyl groups is 1. The molecule has 0 saturated carbocycles. The van der Waals surface area contributed by atoms with Crippen LogP contribution in [0.2, 0.25) is 5.02 Å². The first-order valence-electron chi connectivity index (χ1n) is 7.42. The van der Waals surface area contributed by atoms with E-state index in [1.54, 1.807) is 24.3 Å². The quantitative estimate of drug-likeness (QED) is 0.587. The van der Waals surface area contributed by atoms with Crippen LogP contribution in [0.25, 0.3) is 0 Å². The van der Waals surface area contributed by atoms with E-state index in [9.17, 15) is 4.79 Å². The second-order valence-electron chi connectivity index (χ2n) is 5.29. The van der Waals surface area contributed by atoms with Gasteiger partial charge in [0.2, 0.25) is 0 Å². The summed E-state index contributed by atoms with van der Waals surface area (Å²) in [6, 6.07) is 10.6. The number of primary amides is 1. The van der Waals surface area contributed by atoms with Gasteiger partial charge in [0.25, 0.3) is 5.91 Å². The monoisotopic (exact) mass is 358 g/mol.